The minimum atomic E-state index is 0.00545. The molecule has 3 nitrogen and oxygen atoms in total. The minimum absolute atomic E-state index is 0.00545. The van der Waals surface area contributed by atoms with Gasteiger partial charge in [-0.15, -0.1) is 0 Å². The number of nitrogens with one attached hydrogen (secondary N) is 1. The first kappa shape index (κ1) is 19.6. The molecular formula is C24H32N2O. The van der Waals surface area contributed by atoms with E-state index in [2.05, 4.69) is 48.5 Å². The largest absolute Gasteiger partial charge is 0.344 e. The summed E-state index contributed by atoms with van der Waals surface area (Å²) in [7, 11) is 2.21. The van der Waals surface area contributed by atoms with Gasteiger partial charge in [-0.3, -0.25) is 4.79 Å². The second-order valence-electron chi connectivity index (χ2n) is 7.92. The number of hydrogen-bond donors (Lipinski definition) is 1. The van der Waals surface area contributed by atoms with Gasteiger partial charge in [0.15, 0.2) is 0 Å². The Morgan fingerprint density at radius 2 is 1.81 bits per heavy atom. The van der Waals surface area contributed by atoms with Crippen molar-refractivity contribution in [1.82, 2.24) is 10.2 Å². The van der Waals surface area contributed by atoms with Gasteiger partial charge >= 0.3 is 0 Å². The smallest absolute Gasteiger partial charge is 0.252 e. The molecule has 27 heavy (non-hydrogen) atoms. The summed E-state index contributed by atoms with van der Waals surface area (Å²) in [6.45, 7) is 5.37. The molecule has 0 aliphatic carbocycles. The molecule has 144 valence electrons. The van der Waals surface area contributed by atoms with Crippen LogP contribution in [-0.2, 0) is 0 Å². The van der Waals surface area contributed by atoms with E-state index in [0.717, 1.165) is 30.0 Å². The fourth-order valence-corrected chi connectivity index (χ4v) is 4.43. The molecule has 0 bridgehead atoms. The lowest BCUT2D eigenvalue weighted by atomic mass is 9.85. The van der Waals surface area contributed by atoms with Crippen LogP contribution in [0.25, 0.3) is 0 Å². The zero-order valence-electron chi connectivity index (χ0n) is 16.8. The van der Waals surface area contributed by atoms with Gasteiger partial charge in [0.2, 0.25) is 0 Å². The SMILES string of the molecule is CCCC1CCC(C(NC(=O)c2ccccc2C)c2ccccc2)N(C)C1. The van der Waals surface area contributed by atoms with Crippen molar-refractivity contribution >= 4 is 5.91 Å². The maximum absolute atomic E-state index is 13.0. The van der Waals surface area contributed by atoms with Gasteiger partial charge in [0.1, 0.15) is 0 Å². The summed E-state index contributed by atoms with van der Waals surface area (Å²) in [4.78, 5) is 15.5. The Kier molecular flexibility index (Phi) is 6.68. The molecule has 0 spiro atoms. The summed E-state index contributed by atoms with van der Waals surface area (Å²) in [5.41, 5.74) is 2.97. The number of piperidine rings is 1. The quantitative estimate of drug-likeness (QED) is 0.784. The summed E-state index contributed by atoms with van der Waals surface area (Å²) in [5, 5.41) is 3.36. The van der Waals surface area contributed by atoms with Gasteiger partial charge in [-0.05, 0) is 56.3 Å². The molecule has 1 heterocycles. The van der Waals surface area contributed by atoms with Gasteiger partial charge in [0.25, 0.3) is 5.91 Å². The average Bonchev–Trinajstić information content (AvgIpc) is 2.68. The van der Waals surface area contributed by atoms with Gasteiger partial charge in [0.05, 0.1) is 6.04 Å². The molecule has 1 fully saturated rings. The average molecular weight is 365 g/mol. The summed E-state index contributed by atoms with van der Waals surface area (Å²) in [5.74, 6) is 0.797. The molecule has 0 radical (unpaired) electrons. The minimum Gasteiger partial charge on any atom is -0.344 e. The molecule has 3 unspecified atom stereocenters. The van der Waals surface area contributed by atoms with Crippen LogP contribution in [0.4, 0.5) is 0 Å². The number of likely N-dealkylation sites (tertiary alicyclic amines) is 1. The maximum atomic E-state index is 13.0. The highest BCUT2D eigenvalue weighted by atomic mass is 16.1. The number of carbonyl (C=O) groups excluding carboxylic acids is 1. The van der Waals surface area contributed by atoms with Crippen molar-refractivity contribution in [3.05, 3.63) is 71.3 Å². The van der Waals surface area contributed by atoms with Crippen molar-refractivity contribution in [1.29, 1.82) is 0 Å². The van der Waals surface area contributed by atoms with Crippen LogP contribution < -0.4 is 5.32 Å². The van der Waals surface area contributed by atoms with Crippen LogP contribution in [0.15, 0.2) is 54.6 Å². The van der Waals surface area contributed by atoms with E-state index in [1.165, 1.54) is 24.8 Å². The predicted octanol–water partition coefficient (Wildman–Crippen LogP) is 4.98. The second kappa shape index (κ2) is 9.18. The van der Waals surface area contributed by atoms with E-state index < -0.39 is 0 Å². The first-order chi connectivity index (χ1) is 13.1. The summed E-state index contributed by atoms with van der Waals surface area (Å²) in [6.07, 6.45) is 4.90. The van der Waals surface area contributed by atoms with E-state index >= 15 is 0 Å². The van der Waals surface area contributed by atoms with Gasteiger partial charge in [0, 0.05) is 18.2 Å². The first-order valence-electron chi connectivity index (χ1n) is 10.2. The lowest BCUT2D eigenvalue weighted by Gasteiger charge is -2.42. The molecule has 1 aliphatic rings. The van der Waals surface area contributed by atoms with E-state index in [0.29, 0.717) is 6.04 Å². The van der Waals surface area contributed by atoms with Crippen molar-refractivity contribution < 1.29 is 4.79 Å². The van der Waals surface area contributed by atoms with Crippen LogP contribution in [0.5, 0.6) is 0 Å². The van der Waals surface area contributed by atoms with Crippen molar-refractivity contribution in [3.8, 4) is 0 Å². The normalized spacial score (nSPS) is 21.6. The molecule has 3 rings (SSSR count). The Labute approximate surface area is 163 Å². The third kappa shape index (κ3) is 4.78. The molecule has 0 saturated carbocycles. The van der Waals surface area contributed by atoms with Gasteiger partial charge in [-0.25, -0.2) is 0 Å². The van der Waals surface area contributed by atoms with E-state index in [4.69, 9.17) is 0 Å². The molecule has 2 aromatic carbocycles. The fourth-order valence-electron chi connectivity index (χ4n) is 4.43. The topological polar surface area (TPSA) is 32.3 Å². The van der Waals surface area contributed by atoms with Gasteiger partial charge in [-0.1, -0.05) is 61.9 Å². The predicted molar refractivity (Wildman–Crippen MR) is 112 cm³/mol. The molecule has 0 aromatic heterocycles. The number of aryl methyl sites for hydroxylation is 1. The van der Waals surface area contributed by atoms with Crippen molar-refractivity contribution in [2.45, 2.75) is 51.6 Å². The van der Waals surface area contributed by atoms with Gasteiger partial charge < -0.3 is 10.2 Å². The number of nitrogens with zero attached hydrogens (tertiary/aromatic N) is 1. The van der Waals surface area contributed by atoms with Gasteiger partial charge in [-0.2, -0.15) is 0 Å². The van der Waals surface area contributed by atoms with E-state index in [-0.39, 0.29) is 11.9 Å². The molecule has 1 amide bonds. The summed E-state index contributed by atoms with van der Waals surface area (Å²) in [6, 6.07) is 18.6. The molecule has 3 atom stereocenters. The van der Waals surface area contributed by atoms with Crippen LogP contribution in [0.1, 0.15) is 60.1 Å². The number of hydrogen-bond acceptors (Lipinski definition) is 2. The zero-order chi connectivity index (χ0) is 19.2. The number of carbonyl (C=O) groups is 1. The van der Waals surface area contributed by atoms with Crippen LogP contribution >= 0.6 is 0 Å². The van der Waals surface area contributed by atoms with E-state index in [1.807, 2.05) is 37.3 Å². The Morgan fingerprint density at radius 3 is 2.48 bits per heavy atom. The molecule has 1 N–H and O–H groups in total. The van der Waals surface area contributed by atoms with Crippen molar-refractivity contribution in [2.24, 2.45) is 5.92 Å². The molecule has 1 saturated heterocycles. The van der Waals surface area contributed by atoms with Crippen LogP contribution in [-0.4, -0.2) is 30.4 Å². The fraction of sp³-hybridized carbons (Fsp3) is 0.458. The maximum Gasteiger partial charge on any atom is 0.252 e. The molecule has 2 aromatic rings. The monoisotopic (exact) mass is 364 g/mol. The van der Waals surface area contributed by atoms with Crippen LogP contribution in [0.3, 0.4) is 0 Å². The summed E-state index contributed by atoms with van der Waals surface area (Å²) < 4.78 is 0. The molecule has 1 aliphatic heterocycles. The lowest BCUT2D eigenvalue weighted by molar-refractivity contribution is 0.0801. The first-order valence-corrected chi connectivity index (χ1v) is 10.2. The Morgan fingerprint density at radius 1 is 1.11 bits per heavy atom. The Balaban J connectivity index is 1.82. The molecule has 3 heteroatoms. The number of amides is 1. The highest BCUT2D eigenvalue weighted by Gasteiger charge is 2.33. The summed E-state index contributed by atoms with van der Waals surface area (Å²) >= 11 is 0. The van der Waals surface area contributed by atoms with Crippen LogP contribution in [0.2, 0.25) is 0 Å². The van der Waals surface area contributed by atoms with Crippen molar-refractivity contribution in [2.75, 3.05) is 13.6 Å². The Hall–Kier alpha value is -2.13. The highest BCUT2D eigenvalue weighted by Crippen LogP contribution is 2.32. The zero-order valence-corrected chi connectivity index (χ0v) is 16.8. The number of benzene rings is 2. The van der Waals surface area contributed by atoms with Crippen LogP contribution in [0, 0.1) is 12.8 Å². The number of likely N-dealkylation sites (N-methyl/N-ethyl adjacent to an activating group) is 1. The third-order valence-corrected chi connectivity index (χ3v) is 5.90. The molecular weight excluding hydrogens is 332 g/mol. The third-order valence-electron chi connectivity index (χ3n) is 5.90. The Bertz CT molecular complexity index is 743. The highest BCUT2D eigenvalue weighted by molar-refractivity contribution is 5.95. The second-order valence-corrected chi connectivity index (χ2v) is 7.92. The standard InChI is InChI=1S/C24H32N2O/c1-4-10-19-15-16-22(26(3)17-19)23(20-12-6-5-7-13-20)25-24(27)21-14-9-8-11-18(21)2/h5-9,11-14,19,22-23H,4,10,15-17H2,1-3H3,(H,25,27). The lowest BCUT2D eigenvalue weighted by Crippen LogP contribution is -2.49. The van der Waals surface area contributed by atoms with E-state index in [9.17, 15) is 4.79 Å². The van der Waals surface area contributed by atoms with Crippen molar-refractivity contribution in [3.63, 3.8) is 0 Å². The van der Waals surface area contributed by atoms with E-state index in [1.54, 1.807) is 0 Å². The number of rotatable bonds is 6.